The highest BCUT2D eigenvalue weighted by atomic mass is 16.5. The molecule has 0 saturated heterocycles. The Morgan fingerprint density at radius 2 is 1.89 bits per heavy atom. The number of rotatable bonds is 7. The summed E-state index contributed by atoms with van der Waals surface area (Å²) >= 11 is 0. The van der Waals surface area contributed by atoms with Crippen LogP contribution in [-0.4, -0.2) is 50.3 Å². The third-order valence-electron chi connectivity index (χ3n) is 4.44. The Balaban J connectivity index is 1.91. The molecular formula is C20H23N5O2. The van der Waals surface area contributed by atoms with E-state index in [0.29, 0.717) is 24.7 Å². The van der Waals surface area contributed by atoms with Crippen molar-refractivity contribution in [3.8, 4) is 5.82 Å². The van der Waals surface area contributed by atoms with Gasteiger partial charge in [-0.15, -0.1) is 10.2 Å². The molecule has 140 valence electrons. The Hall–Kier alpha value is -3.06. The minimum Gasteiger partial charge on any atom is -0.383 e. The van der Waals surface area contributed by atoms with E-state index in [4.69, 9.17) is 4.74 Å². The van der Waals surface area contributed by atoms with Crippen molar-refractivity contribution >= 4 is 5.91 Å². The summed E-state index contributed by atoms with van der Waals surface area (Å²) in [5, 5.41) is 7.57. The fourth-order valence-electron chi connectivity index (χ4n) is 2.88. The Labute approximate surface area is 158 Å². The van der Waals surface area contributed by atoms with Crippen LogP contribution in [0.4, 0.5) is 0 Å². The average molecular weight is 365 g/mol. The molecule has 0 bridgehead atoms. The molecule has 0 aliphatic carbocycles. The van der Waals surface area contributed by atoms with E-state index in [1.165, 1.54) is 0 Å². The second-order valence-corrected chi connectivity index (χ2v) is 6.41. The van der Waals surface area contributed by atoms with Crippen LogP contribution in [0.15, 0.2) is 55.1 Å². The first-order valence-electron chi connectivity index (χ1n) is 8.76. The number of amides is 1. The standard InChI is InChI=1S/C20H23N5O2/c1-15-7-4-5-8-17(15)11-25(16(2)12-27-3)20(26)18-9-6-10-19(23-18)24-13-21-22-14-24/h4-10,13-14,16H,11-12H2,1-3H3. The number of nitrogens with zero attached hydrogens (tertiary/aromatic N) is 5. The zero-order valence-corrected chi connectivity index (χ0v) is 15.7. The summed E-state index contributed by atoms with van der Waals surface area (Å²) in [6.45, 7) is 4.96. The number of aromatic nitrogens is 4. The zero-order valence-electron chi connectivity index (χ0n) is 15.7. The summed E-state index contributed by atoms with van der Waals surface area (Å²) in [7, 11) is 1.64. The molecule has 27 heavy (non-hydrogen) atoms. The molecular weight excluding hydrogens is 342 g/mol. The van der Waals surface area contributed by atoms with Crippen LogP contribution in [0.3, 0.4) is 0 Å². The molecule has 1 atom stereocenters. The van der Waals surface area contributed by atoms with Gasteiger partial charge in [0.1, 0.15) is 24.2 Å². The van der Waals surface area contributed by atoms with Crippen molar-refractivity contribution < 1.29 is 9.53 Å². The van der Waals surface area contributed by atoms with Crippen LogP contribution in [0.25, 0.3) is 5.82 Å². The van der Waals surface area contributed by atoms with Gasteiger partial charge in [-0.05, 0) is 37.1 Å². The molecule has 0 fully saturated rings. The van der Waals surface area contributed by atoms with E-state index in [9.17, 15) is 4.79 Å². The van der Waals surface area contributed by atoms with Crippen molar-refractivity contribution in [1.29, 1.82) is 0 Å². The molecule has 0 radical (unpaired) electrons. The lowest BCUT2D eigenvalue weighted by Gasteiger charge is -2.29. The van der Waals surface area contributed by atoms with Crippen molar-refractivity contribution in [1.82, 2.24) is 24.6 Å². The molecule has 0 spiro atoms. The number of carbonyl (C=O) groups is 1. The van der Waals surface area contributed by atoms with E-state index in [-0.39, 0.29) is 11.9 Å². The Kier molecular flexibility index (Phi) is 5.93. The van der Waals surface area contributed by atoms with Crippen LogP contribution in [0.2, 0.25) is 0 Å². The van der Waals surface area contributed by atoms with E-state index < -0.39 is 0 Å². The van der Waals surface area contributed by atoms with Gasteiger partial charge in [-0.25, -0.2) is 4.98 Å². The number of aryl methyl sites for hydroxylation is 1. The molecule has 2 heterocycles. The molecule has 7 heteroatoms. The first-order chi connectivity index (χ1) is 13.1. The third-order valence-corrected chi connectivity index (χ3v) is 4.44. The van der Waals surface area contributed by atoms with Gasteiger partial charge in [0.15, 0.2) is 0 Å². The summed E-state index contributed by atoms with van der Waals surface area (Å²) in [6.07, 6.45) is 3.10. The fraction of sp³-hybridized carbons (Fsp3) is 0.300. The first-order valence-corrected chi connectivity index (χ1v) is 8.76. The minimum atomic E-state index is -0.141. The molecule has 1 aromatic carbocycles. The Morgan fingerprint density at radius 1 is 1.15 bits per heavy atom. The number of methoxy groups -OCH3 is 1. The fourth-order valence-corrected chi connectivity index (χ4v) is 2.88. The first kappa shape index (κ1) is 18.7. The van der Waals surface area contributed by atoms with Crippen molar-refractivity contribution in [3.63, 3.8) is 0 Å². The lowest BCUT2D eigenvalue weighted by atomic mass is 10.1. The van der Waals surface area contributed by atoms with Gasteiger partial charge in [0, 0.05) is 13.7 Å². The van der Waals surface area contributed by atoms with Crippen molar-refractivity contribution in [2.45, 2.75) is 26.4 Å². The number of pyridine rings is 1. The second kappa shape index (κ2) is 8.55. The topological polar surface area (TPSA) is 73.1 Å². The maximum absolute atomic E-state index is 13.3. The molecule has 3 aromatic rings. The summed E-state index contributed by atoms with van der Waals surface area (Å²) in [5.74, 6) is 0.457. The Morgan fingerprint density at radius 3 is 2.59 bits per heavy atom. The van der Waals surface area contributed by atoms with Crippen LogP contribution in [0.1, 0.15) is 28.5 Å². The molecule has 0 N–H and O–H groups in total. The predicted octanol–water partition coefficient (Wildman–Crippen LogP) is 2.65. The molecule has 1 amide bonds. The van der Waals surface area contributed by atoms with Gasteiger partial charge in [-0.1, -0.05) is 30.3 Å². The van der Waals surface area contributed by atoms with Gasteiger partial charge >= 0.3 is 0 Å². The van der Waals surface area contributed by atoms with Crippen molar-refractivity contribution in [2.24, 2.45) is 0 Å². The van der Waals surface area contributed by atoms with Gasteiger partial charge in [-0.2, -0.15) is 0 Å². The molecule has 1 unspecified atom stereocenters. The van der Waals surface area contributed by atoms with Crippen molar-refractivity contribution in [2.75, 3.05) is 13.7 Å². The van der Waals surface area contributed by atoms with Crippen LogP contribution in [0, 0.1) is 6.92 Å². The highest BCUT2D eigenvalue weighted by Gasteiger charge is 2.23. The number of ether oxygens (including phenoxy) is 1. The SMILES string of the molecule is COCC(C)N(Cc1ccccc1C)C(=O)c1cccc(-n2cnnc2)n1. The largest absolute Gasteiger partial charge is 0.383 e. The van der Waals surface area contributed by atoms with E-state index >= 15 is 0 Å². The smallest absolute Gasteiger partial charge is 0.273 e. The van der Waals surface area contributed by atoms with Crippen LogP contribution >= 0.6 is 0 Å². The second-order valence-electron chi connectivity index (χ2n) is 6.41. The quantitative estimate of drug-likeness (QED) is 0.644. The van der Waals surface area contributed by atoms with E-state index in [1.807, 2.05) is 50.2 Å². The van der Waals surface area contributed by atoms with Crippen LogP contribution in [-0.2, 0) is 11.3 Å². The monoisotopic (exact) mass is 365 g/mol. The molecule has 0 aliphatic heterocycles. The van der Waals surface area contributed by atoms with Gasteiger partial charge in [0.2, 0.25) is 0 Å². The summed E-state index contributed by atoms with van der Waals surface area (Å²) < 4.78 is 6.95. The third kappa shape index (κ3) is 4.38. The number of carbonyl (C=O) groups excluding carboxylic acids is 1. The summed E-state index contributed by atoms with van der Waals surface area (Å²) in [6, 6.07) is 13.3. The van der Waals surface area contributed by atoms with E-state index in [2.05, 4.69) is 15.2 Å². The average Bonchev–Trinajstić information content (AvgIpc) is 3.22. The van der Waals surface area contributed by atoms with E-state index in [1.54, 1.807) is 35.3 Å². The highest BCUT2D eigenvalue weighted by Crippen LogP contribution is 2.16. The van der Waals surface area contributed by atoms with E-state index in [0.717, 1.165) is 11.1 Å². The lowest BCUT2D eigenvalue weighted by Crippen LogP contribution is -2.41. The normalized spacial score (nSPS) is 12.0. The predicted molar refractivity (Wildman–Crippen MR) is 102 cm³/mol. The number of hydrogen-bond acceptors (Lipinski definition) is 5. The molecule has 2 aromatic heterocycles. The van der Waals surface area contributed by atoms with Gasteiger partial charge in [0.05, 0.1) is 12.6 Å². The number of hydrogen-bond donors (Lipinski definition) is 0. The van der Waals surface area contributed by atoms with Gasteiger partial charge in [0.25, 0.3) is 5.91 Å². The summed E-state index contributed by atoms with van der Waals surface area (Å²) in [5.41, 5.74) is 2.62. The van der Waals surface area contributed by atoms with Gasteiger partial charge < -0.3 is 9.64 Å². The van der Waals surface area contributed by atoms with Crippen LogP contribution < -0.4 is 0 Å². The number of benzene rings is 1. The lowest BCUT2D eigenvalue weighted by molar-refractivity contribution is 0.0536. The van der Waals surface area contributed by atoms with Crippen LogP contribution in [0.5, 0.6) is 0 Å². The Bertz CT molecular complexity index is 895. The molecule has 3 rings (SSSR count). The zero-order chi connectivity index (χ0) is 19.2. The maximum Gasteiger partial charge on any atom is 0.273 e. The summed E-state index contributed by atoms with van der Waals surface area (Å²) in [4.78, 5) is 19.6. The minimum absolute atomic E-state index is 0.0949. The molecule has 0 saturated carbocycles. The van der Waals surface area contributed by atoms with Crippen molar-refractivity contribution in [3.05, 3.63) is 71.9 Å². The highest BCUT2D eigenvalue weighted by molar-refractivity contribution is 5.92. The van der Waals surface area contributed by atoms with Gasteiger partial charge in [-0.3, -0.25) is 9.36 Å². The molecule has 0 aliphatic rings. The maximum atomic E-state index is 13.3. The molecule has 7 nitrogen and oxygen atoms in total.